The molecule has 0 unspecified atom stereocenters. The summed E-state index contributed by atoms with van der Waals surface area (Å²) in [7, 11) is 0. The highest BCUT2D eigenvalue weighted by Gasteiger charge is 2.27. The number of hydrogen-bond donors (Lipinski definition) is 2. The van der Waals surface area contributed by atoms with Crippen molar-refractivity contribution in [3.8, 4) is 11.3 Å². The van der Waals surface area contributed by atoms with Crippen LogP contribution in [0.4, 0.5) is 13.2 Å². The molecule has 0 fully saturated rings. The van der Waals surface area contributed by atoms with Gasteiger partial charge in [-0.2, -0.15) is 5.10 Å². The van der Waals surface area contributed by atoms with Gasteiger partial charge in [-0.1, -0.05) is 17.7 Å². The fraction of sp³-hybridized carbons (Fsp3) is 0.0714. The Kier molecular flexibility index (Phi) is 3.80. The minimum absolute atomic E-state index is 0.0586. The second-order valence-corrected chi connectivity index (χ2v) is 5.19. The molecule has 0 saturated heterocycles. The van der Waals surface area contributed by atoms with Crippen molar-refractivity contribution in [1.82, 2.24) is 14.6 Å². The zero-order chi connectivity index (χ0) is 17.6. The van der Waals surface area contributed by atoms with Crippen LogP contribution in [-0.2, 0) is 0 Å². The largest absolute Gasteiger partial charge is 0.476 e. The lowest BCUT2D eigenvalue weighted by molar-refractivity contribution is 0.0678. The first-order chi connectivity index (χ1) is 11.3. The van der Waals surface area contributed by atoms with Gasteiger partial charge in [0, 0.05) is 5.56 Å². The maximum absolute atomic E-state index is 13.5. The number of fused-ring (bicyclic) bond motifs is 1. The van der Waals surface area contributed by atoms with Crippen LogP contribution in [0.3, 0.4) is 0 Å². The minimum atomic E-state index is -3.20. The fourth-order valence-corrected chi connectivity index (χ4v) is 2.40. The average Bonchev–Trinajstić information content (AvgIpc) is 2.90. The number of nitrogens with one attached hydrogen (secondary N) is 1. The smallest absolute Gasteiger partial charge is 0.356 e. The van der Waals surface area contributed by atoms with Crippen molar-refractivity contribution in [2.24, 2.45) is 0 Å². The van der Waals surface area contributed by atoms with Gasteiger partial charge < -0.3 is 10.1 Å². The van der Waals surface area contributed by atoms with Crippen molar-refractivity contribution >= 4 is 23.1 Å². The first-order valence-corrected chi connectivity index (χ1v) is 6.80. The molecule has 1 aromatic carbocycles. The maximum atomic E-state index is 13.5. The number of benzene rings is 1. The Bertz CT molecular complexity index is 1030. The zero-order valence-electron chi connectivity index (χ0n) is 11.6. The predicted octanol–water partition coefficient (Wildman–Crippen LogP) is 3.12. The lowest BCUT2D eigenvalue weighted by Gasteiger charge is -2.04. The Hall–Kier alpha value is -2.81. The average molecular weight is 358 g/mol. The number of carboxylic acids is 1. The molecule has 0 radical (unpaired) electrons. The number of aromatic nitrogens is 3. The van der Waals surface area contributed by atoms with Crippen molar-refractivity contribution in [1.29, 1.82) is 0 Å². The number of rotatable bonds is 3. The number of halogens is 4. The highest BCUT2D eigenvalue weighted by atomic mass is 35.5. The number of nitrogens with zero attached hydrogens (tertiary/aromatic N) is 2. The van der Waals surface area contributed by atoms with E-state index >= 15 is 0 Å². The summed E-state index contributed by atoms with van der Waals surface area (Å²) in [5.74, 6) is -2.43. The van der Waals surface area contributed by atoms with Crippen molar-refractivity contribution < 1.29 is 23.1 Å². The highest BCUT2D eigenvalue weighted by Crippen LogP contribution is 2.27. The van der Waals surface area contributed by atoms with Gasteiger partial charge in [0.1, 0.15) is 11.3 Å². The van der Waals surface area contributed by atoms with Crippen LogP contribution in [0.2, 0.25) is 5.02 Å². The van der Waals surface area contributed by atoms with E-state index in [1.807, 2.05) is 0 Å². The molecule has 0 bridgehead atoms. The third kappa shape index (κ3) is 2.52. The molecule has 0 aliphatic carbocycles. The third-order valence-electron chi connectivity index (χ3n) is 3.31. The van der Waals surface area contributed by atoms with Crippen LogP contribution in [0.15, 0.2) is 29.2 Å². The summed E-state index contributed by atoms with van der Waals surface area (Å²) in [5, 5.41) is 12.4. The summed E-state index contributed by atoms with van der Waals surface area (Å²) in [6.07, 6.45) is -2.08. The van der Waals surface area contributed by atoms with Gasteiger partial charge in [0.15, 0.2) is 5.69 Å². The molecule has 0 spiro atoms. The van der Waals surface area contributed by atoms with E-state index in [1.54, 1.807) is 0 Å². The number of alkyl halides is 2. The van der Waals surface area contributed by atoms with Crippen LogP contribution in [0.1, 0.15) is 22.5 Å². The van der Waals surface area contributed by atoms with Crippen molar-refractivity contribution in [3.63, 3.8) is 0 Å². The normalized spacial score (nSPS) is 11.4. The molecule has 2 heterocycles. The van der Waals surface area contributed by atoms with Crippen molar-refractivity contribution in [3.05, 3.63) is 56.8 Å². The topological polar surface area (TPSA) is 87.5 Å². The lowest BCUT2D eigenvalue weighted by atomic mass is 10.1. The van der Waals surface area contributed by atoms with E-state index < -0.39 is 40.5 Å². The van der Waals surface area contributed by atoms with E-state index in [9.17, 15) is 22.8 Å². The van der Waals surface area contributed by atoms with Crippen molar-refractivity contribution in [2.45, 2.75) is 6.43 Å². The number of aromatic carboxylic acids is 1. The lowest BCUT2D eigenvalue weighted by Crippen LogP contribution is -2.12. The molecular weight excluding hydrogens is 351 g/mol. The molecule has 24 heavy (non-hydrogen) atoms. The first-order valence-electron chi connectivity index (χ1n) is 6.42. The summed E-state index contributed by atoms with van der Waals surface area (Å²) in [6.45, 7) is 0. The Morgan fingerprint density at radius 3 is 2.67 bits per heavy atom. The standard InChI is InChI=1S/C14H7ClF3N3O3/c15-6-2-1-5(3-7(6)16)8-4-21-11(13(22)19-8)9(12(17)18)10(20-21)14(23)24/h1-4,12H,(H,19,22)(H,23,24). The summed E-state index contributed by atoms with van der Waals surface area (Å²) in [4.78, 5) is 25.5. The minimum Gasteiger partial charge on any atom is -0.476 e. The third-order valence-corrected chi connectivity index (χ3v) is 3.62. The van der Waals surface area contributed by atoms with Gasteiger partial charge in [-0.05, 0) is 12.1 Å². The molecular formula is C14H7ClF3N3O3. The van der Waals surface area contributed by atoms with Crippen LogP contribution in [0.25, 0.3) is 16.8 Å². The molecule has 124 valence electrons. The van der Waals surface area contributed by atoms with Crippen LogP contribution >= 0.6 is 11.6 Å². The van der Waals surface area contributed by atoms with E-state index in [4.69, 9.17) is 16.7 Å². The molecule has 0 amide bonds. The van der Waals surface area contributed by atoms with Gasteiger partial charge in [-0.15, -0.1) is 0 Å². The molecule has 0 aliphatic heterocycles. The number of hydrogen-bond acceptors (Lipinski definition) is 3. The molecule has 2 N–H and O–H groups in total. The zero-order valence-corrected chi connectivity index (χ0v) is 12.3. The summed E-state index contributed by atoms with van der Waals surface area (Å²) in [5.41, 5.74) is -3.18. The highest BCUT2D eigenvalue weighted by molar-refractivity contribution is 6.30. The van der Waals surface area contributed by atoms with Gasteiger partial charge in [0.05, 0.1) is 22.5 Å². The van der Waals surface area contributed by atoms with E-state index in [0.29, 0.717) is 0 Å². The predicted molar refractivity (Wildman–Crippen MR) is 78.1 cm³/mol. The Balaban J connectivity index is 2.30. The quantitative estimate of drug-likeness (QED) is 0.754. The molecule has 0 atom stereocenters. The molecule has 10 heteroatoms. The van der Waals surface area contributed by atoms with E-state index in [0.717, 1.165) is 16.8 Å². The Morgan fingerprint density at radius 2 is 2.08 bits per heavy atom. The second kappa shape index (κ2) is 5.68. The molecule has 0 saturated carbocycles. The number of aromatic amines is 1. The van der Waals surface area contributed by atoms with Gasteiger partial charge in [0.25, 0.3) is 12.0 Å². The number of carbonyl (C=O) groups is 1. The molecule has 3 aromatic rings. The Morgan fingerprint density at radius 1 is 1.38 bits per heavy atom. The Labute approximate surface area is 136 Å². The first kappa shape index (κ1) is 16.1. The van der Waals surface area contributed by atoms with Gasteiger partial charge >= 0.3 is 5.97 Å². The fourth-order valence-electron chi connectivity index (χ4n) is 2.28. The summed E-state index contributed by atoms with van der Waals surface area (Å²) >= 11 is 5.58. The van der Waals surface area contributed by atoms with Crippen LogP contribution < -0.4 is 5.56 Å². The van der Waals surface area contributed by atoms with Crippen LogP contribution in [-0.4, -0.2) is 25.7 Å². The maximum Gasteiger partial charge on any atom is 0.356 e. The summed E-state index contributed by atoms with van der Waals surface area (Å²) in [6, 6.07) is 3.69. The second-order valence-electron chi connectivity index (χ2n) is 4.79. The van der Waals surface area contributed by atoms with E-state index in [-0.39, 0.29) is 16.3 Å². The summed E-state index contributed by atoms with van der Waals surface area (Å²) < 4.78 is 40.5. The van der Waals surface area contributed by atoms with E-state index in [2.05, 4.69) is 10.1 Å². The van der Waals surface area contributed by atoms with Gasteiger partial charge in [0.2, 0.25) is 0 Å². The SMILES string of the molecule is O=C(O)c1nn2cc(-c3ccc(Cl)c(F)c3)[nH]c(=O)c2c1C(F)F. The van der Waals surface area contributed by atoms with Gasteiger partial charge in [-0.3, -0.25) is 4.79 Å². The molecule has 0 aliphatic rings. The van der Waals surface area contributed by atoms with Crippen molar-refractivity contribution in [2.75, 3.05) is 0 Å². The van der Waals surface area contributed by atoms with Crippen LogP contribution in [0, 0.1) is 5.82 Å². The van der Waals surface area contributed by atoms with Gasteiger partial charge in [-0.25, -0.2) is 22.5 Å². The monoisotopic (exact) mass is 357 g/mol. The van der Waals surface area contributed by atoms with E-state index in [1.165, 1.54) is 12.1 Å². The molecule has 3 rings (SSSR count). The number of carboxylic acid groups (broad SMARTS) is 1. The van der Waals surface area contributed by atoms with Crippen LogP contribution in [0.5, 0.6) is 0 Å². The number of H-pyrrole nitrogens is 1. The molecule has 6 nitrogen and oxygen atoms in total. The molecule has 2 aromatic heterocycles.